The highest BCUT2D eigenvalue weighted by Crippen LogP contribution is 2.19. The van der Waals surface area contributed by atoms with Crippen LogP contribution in [0.1, 0.15) is 43.9 Å². The van der Waals surface area contributed by atoms with Gasteiger partial charge in [-0.1, -0.05) is 39.0 Å². The van der Waals surface area contributed by atoms with Crippen LogP contribution in [-0.4, -0.2) is 43.0 Å². The fourth-order valence-corrected chi connectivity index (χ4v) is 3.55. The summed E-state index contributed by atoms with van der Waals surface area (Å²) in [5, 5.41) is 2.97. The van der Waals surface area contributed by atoms with Gasteiger partial charge in [0.1, 0.15) is 17.5 Å². The molecule has 0 radical (unpaired) electrons. The van der Waals surface area contributed by atoms with Crippen LogP contribution in [0.15, 0.2) is 42.5 Å². The number of amides is 2. The van der Waals surface area contributed by atoms with Crippen LogP contribution < -0.4 is 14.8 Å². The topological polar surface area (TPSA) is 67.9 Å². The van der Waals surface area contributed by atoms with Crippen molar-refractivity contribution >= 4 is 11.8 Å². The first-order chi connectivity index (χ1) is 15.2. The molecule has 0 aliphatic carbocycles. The van der Waals surface area contributed by atoms with Crippen molar-refractivity contribution in [3.05, 3.63) is 59.2 Å². The van der Waals surface area contributed by atoms with Crippen LogP contribution in [0.25, 0.3) is 0 Å². The molecule has 0 saturated heterocycles. The van der Waals surface area contributed by atoms with Crippen LogP contribution in [0.5, 0.6) is 11.5 Å². The Morgan fingerprint density at radius 2 is 1.72 bits per heavy atom. The zero-order chi connectivity index (χ0) is 23.7. The average Bonchev–Trinajstić information content (AvgIpc) is 2.75. The zero-order valence-corrected chi connectivity index (χ0v) is 20.1. The minimum atomic E-state index is -0.588. The van der Waals surface area contributed by atoms with Crippen LogP contribution in [-0.2, 0) is 16.1 Å². The van der Waals surface area contributed by atoms with E-state index in [0.29, 0.717) is 36.9 Å². The highest BCUT2D eigenvalue weighted by atomic mass is 16.5. The van der Waals surface area contributed by atoms with E-state index in [0.717, 1.165) is 16.7 Å². The van der Waals surface area contributed by atoms with E-state index in [-0.39, 0.29) is 18.4 Å². The molecule has 0 unspecified atom stereocenters. The van der Waals surface area contributed by atoms with Gasteiger partial charge in [-0.3, -0.25) is 9.59 Å². The molecule has 0 bridgehead atoms. The summed E-state index contributed by atoms with van der Waals surface area (Å²) in [4.78, 5) is 27.8. The van der Waals surface area contributed by atoms with Crippen molar-refractivity contribution in [1.29, 1.82) is 0 Å². The van der Waals surface area contributed by atoms with Crippen molar-refractivity contribution in [1.82, 2.24) is 10.2 Å². The van der Waals surface area contributed by atoms with E-state index in [2.05, 4.69) is 11.4 Å². The van der Waals surface area contributed by atoms with Gasteiger partial charge in [0.2, 0.25) is 5.91 Å². The van der Waals surface area contributed by atoms with Gasteiger partial charge in [-0.2, -0.15) is 0 Å². The third-order valence-corrected chi connectivity index (χ3v) is 5.12. The van der Waals surface area contributed by atoms with Crippen LogP contribution in [0.4, 0.5) is 0 Å². The first-order valence-electron chi connectivity index (χ1n) is 11.1. The predicted molar refractivity (Wildman–Crippen MR) is 127 cm³/mol. The monoisotopic (exact) mass is 440 g/mol. The largest absolute Gasteiger partial charge is 0.497 e. The molecule has 32 heavy (non-hydrogen) atoms. The molecule has 2 rings (SSSR count). The van der Waals surface area contributed by atoms with Crippen LogP contribution in [0.3, 0.4) is 0 Å². The van der Waals surface area contributed by atoms with Crippen molar-refractivity contribution < 1.29 is 19.1 Å². The molecule has 2 aromatic rings. The summed E-state index contributed by atoms with van der Waals surface area (Å²) in [6.07, 6.45) is 0.503. The Labute approximate surface area is 191 Å². The van der Waals surface area contributed by atoms with Gasteiger partial charge in [0.05, 0.1) is 7.11 Å². The number of carbonyl (C=O) groups is 2. The lowest BCUT2D eigenvalue weighted by molar-refractivity contribution is -0.143. The Morgan fingerprint density at radius 3 is 2.31 bits per heavy atom. The molecule has 0 aromatic heterocycles. The summed E-state index contributed by atoms with van der Waals surface area (Å²) >= 11 is 0. The fraction of sp³-hybridized carbons (Fsp3) is 0.462. The van der Waals surface area contributed by atoms with Gasteiger partial charge in [0.15, 0.2) is 6.61 Å². The van der Waals surface area contributed by atoms with Gasteiger partial charge >= 0.3 is 0 Å². The maximum absolute atomic E-state index is 13.3. The highest BCUT2D eigenvalue weighted by molar-refractivity contribution is 5.88. The second-order valence-corrected chi connectivity index (χ2v) is 8.55. The molecule has 0 fully saturated rings. The van der Waals surface area contributed by atoms with Crippen molar-refractivity contribution in [3.63, 3.8) is 0 Å². The van der Waals surface area contributed by atoms with Gasteiger partial charge in [-0.05, 0) is 67.1 Å². The van der Waals surface area contributed by atoms with E-state index in [4.69, 9.17) is 9.47 Å². The Bertz CT molecular complexity index is 890. The first kappa shape index (κ1) is 25.2. The minimum Gasteiger partial charge on any atom is -0.497 e. The van der Waals surface area contributed by atoms with Gasteiger partial charge in [0, 0.05) is 13.1 Å². The summed E-state index contributed by atoms with van der Waals surface area (Å²) in [6, 6.07) is 12.8. The Morgan fingerprint density at radius 1 is 1.03 bits per heavy atom. The molecular formula is C26H36N2O4. The SMILES string of the molecule is CC[C@H](C(=O)NCC(C)C)N(Cc1cccc(OC)c1)C(=O)COc1cc(C)cc(C)c1. The van der Waals surface area contributed by atoms with Crippen molar-refractivity contribution in [3.8, 4) is 11.5 Å². The smallest absolute Gasteiger partial charge is 0.261 e. The minimum absolute atomic E-state index is 0.138. The zero-order valence-electron chi connectivity index (χ0n) is 20.1. The van der Waals surface area contributed by atoms with E-state index in [9.17, 15) is 9.59 Å². The molecule has 0 aliphatic rings. The van der Waals surface area contributed by atoms with E-state index >= 15 is 0 Å². The third-order valence-electron chi connectivity index (χ3n) is 5.12. The maximum atomic E-state index is 13.3. The molecule has 2 aromatic carbocycles. The number of aryl methyl sites for hydroxylation is 2. The number of ether oxygens (including phenoxy) is 2. The fourth-order valence-electron chi connectivity index (χ4n) is 3.55. The Hall–Kier alpha value is -3.02. The van der Waals surface area contributed by atoms with Crippen molar-refractivity contribution in [2.75, 3.05) is 20.3 Å². The van der Waals surface area contributed by atoms with Gasteiger partial charge in [0.25, 0.3) is 5.91 Å². The Kier molecular flexibility index (Phi) is 9.57. The molecule has 0 heterocycles. The number of hydrogen-bond donors (Lipinski definition) is 1. The average molecular weight is 441 g/mol. The first-order valence-corrected chi connectivity index (χ1v) is 11.1. The maximum Gasteiger partial charge on any atom is 0.261 e. The quantitative estimate of drug-likeness (QED) is 0.567. The van der Waals surface area contributed by atoms with Crippen molar-refractivity contribution in [2.24, 2.45) is 5.92 Å². The van der Waals surface area contributed by atoms with E-state index in [1.807, 2.05) is 71.0 Å². The number of rotatable bonds is 11. The molecule has 2 amide bonds. The number of nitrogens with zero attached hydrogens (tertiary/aromatic N) is 1. The lowest BCUT2D eigenvalue weighted by atomic mass is 10.1. The lowest BCUT2D eigenvalue weighted by Crippen LogP contribution is -2.50. The van der Waals surface area contributed by atoms with E-state index in [1.165, 1.54) is 0 Å². The van der Waals surface area contributed by atoms with Crippen LogP contribution >= 0.6 is 0 Å². The number of carbonyl (C=O) groups excluding carboxylic acids is 2. The molecular weight excluding hydrogens is 404 g/mol. The third kappa shape index (κ3) is 7.59. The molecule has 0 spiro atoms. The number of nitrogens with one attached hydrogen (secondary N) is 1. The highest BCUT2D eigenvalue weighted by Gasteiger charge is 2.29. The van der Waals surface area contributed by atoms with Crippen LogP contribution in [0.2, 0.25) is 0 Å². The summed E-state index contributed by atoms with van der Waals surface area (Å²) in [7, 11) is 1.61. The lowest BCUT2D eigenvalue weighted by Gasteiger charge is -2.31. The van der Waals surface area contributed by atoms with Crippen molar-refractivity contribution in [2.45, 2.75) is 53.6 Å². The second-order valence-electron chi connectivity index (χ2n) is 8.55. The van der Waals surface area contributed by atoms with E-state index < -0.39 is 6.04 Å². The molecule has 0 saturated carbocycles. The van der Waals surface area contributed by atoms with Gasteiger partial charge < -0.3 is 19.7 Å². The summed E-state index contributed by atoms with van der Waals surface area (Å²) in [5.74, 6) is 1.29. The standard InChI is InChI=1S/C26H36N2O4/c1-7-24(26(30)27-15-18(2)3)28(16-21-9-8-10-22(14-21)31-6)25(29)17-32-23-12-19(4)11-20(5)13-23/h8-14,18,24H,7,15-17H2,1-6H3,(H,27,30)/t24-/m1/s1. The normalized spacial score (nSPS) is 11.7. The van der Waals surface area contributed by atoms with Gasteiger partial charge in [-0.25, -0.2) is 0 Å². The molecule has 1 atom stereocenters. The predicted octanol–water partition coefficient (Wildman–Crippen LogP) is 4.27. The number of hydrogen-bond acceptors (Lipinski definition) is 4. The molecule has 6 nitrogen and oxygen atoms in total. The van der Waals surface area contributed by atoms with Gasteiger partial charge in [-0.15, -0.1) is 0 Å². The summed E-state index contributed by atoms with van der Waals surface area (Å²) < 4.78 is 11.1. The molecule has 174 valence electrons. The summed E-state index contributed by atoms with van der Waals surface area (Å²) in [6.45, 7) is 10.7. The molecule has 1 N–H and O–H groups in total. The Balaban J connectivity index is 2.23. The second kappa shape index (κ2) is 12.1. The van der Waals surface area contributed by atoms with E-state index in [1.54, 1.807) is 12.0 Å². The number of benzene rings is 2. The van der Waals surface area contributed by atoms with Crippen LogP contribution in [0, 0.1) is 19.8 Å². The molecule has 0 aliphatic heterocycles. The molecule has 6 heteroatoms. The number of methoxy groups -OCH3 is 1. The summed E-state index contributed by atoms with van der Waals surface area (Å²) in [5.41, 5.74) is 3.03.